The van der Waals surface area contributed by atoms with Crippen LogP contribution >= 0.6 is 0 Å². The summed E-state index contributed by atoms with van der Waals surface area (Å²) in [4.78, 5) is 29.4. The molecule has 0 amide bonds. The van der Waals surface area contributed by atoms with Crippen molar-refractivity contribution in [3.63, 3.8) is 0 Å². The standard InChI is InChI=1S/C18H23N7O2/c1-23-7-9-24(10-8-23)6-2-4-20-18-22-14-3-5-19-11-13(14)16-21-12-15(17(26)27)25(16)18/h3,5,11-12H,2,4,6-10H2,1H3,(H,20,22)(H,26,27). The number of hydrogen-bond donors (Lipinski definition) is 2. The first kappa shape index (κ1) is 17.6. The minimum Gasteiger partial charge on any atom is -0.477 e. The number of rotatable bonds is 6. The average molecular weight is 369 g/mol. The molecule has 3 aromatic heterocycles. The largest absolute Gasteiger partial charge is 0.477 e. The van der Waals surface area contributed by atoms with Crippen molar-refractivity contribution in [2.75, 3.05) is 51.6 Å². The molecule has 2 N–H and O–H groups in total. The number of carbonyl (C=O) groups is 1. The molecule has 27 heavy (non-hydrogen) atoms. The third-order valence-corrected chi connectivity index (χ3v) is 4.99. The normalized spacial score (nSPS) is 16.2. The maximum atomic E-state index is 11.6. The number of fused-ring (bicyclic) bond motifs is 3. The lowest BCUT2D eigenvalue weighted by Gasteiger charge is -2.32. The Kier molecular flexibility index (Phi) is 4.87. The van der Waals surface area contributed by atoms with Crippen LogP contribution in [0.1, 0.15) is 16.9 Å². The molecule has 0 aromatic carbocycles. The van der Waals surface area contributed by atoms with Crippen molar-refractivity contribution in [1.82, 2.24) is 29.2 Å². The topological polar surface area (TPSA) is 98.9 Å². The lowest BCUT2D eigenvalue weighted by atomic mass is 10.3. The summed E-state index contributed by atoms with van der Waals surface area (Å²) in [5, 5.41) is 13.5. The Labute approximate surface area is 156 Å². The van der Waals surface area contributed by atoms with E-state index in [1.807, 2.05) is 0 Å². The smallest absolute Gasteiger partial charge is 0.354 e. The Hall–Kier alpha value is -2.78. The van der Waals surface area contributed by atoms with Crippen LogP contribution < -0.4 is 5.32 Å². The second kappa shape index (κ2) is 7.45. The monoisotopic (exact) mass is 369 g/mol. The van der Waals surface area contributed by atoms with E-state index in [1.54, 1.807) is 22.9 Å². The highest BCUT2D eigenvalue weighted by molar-refractivity contribution is 5.95. The van der Waals surface area contributed by atoms with Gasteiger partial charge in [0.2, 0.25) is 5.95 Å². The van der Waals surface area contributed by atoms with Crippen molar-refractivity contribution in [3.05, 3.63) is 30.4 Å². The number of piperazine rings is 1. The quantitative estimate of drug-likeness (QED) is 0.622. The summed E-state index contributed by atoms with van der Waals surface area (Å²) < 4.78 is 1.56. The molecular weight excluding hydrogens is 346 g/mol. The van der Waals surface area contributed by atoms with Crippen LogP contribution in [0.5, 0.6) is 0 Å². The minimum atomic E-state index is -1.03. The Morgan fingerprint density at radius 2 is 2.07 bits per heavy atom. The van der Waals surface area contributed by atoms with E-state index >= 15 is 0 Å². The van der Waals surface area contributed by atoms with Gasteiger partial charge in [0.1, 0.15) is 0 Å². The molecule has 3 aromatic rings. The van der Waals surface area contributed by atoms with Crippen molar-refractivity contribution < 1.29 is 9.90 Å². The van der Waals surface area contributed by atoms with E-state index in [2.05, 4.69) is 37.1 Å². The number of nitrogens with one attached hydrogen (secondary N) is 1. The molecule has 0 atom stereocenters. The van der Waals surface area contributed by atoms with Gasteiger partial charge in [-0.1, -0.05) is 0 Å². The van der Waals surface area contributed by atoms with E-state index < -0.39 is 5.97 Å². The first-order valence-corrected chi connectivity index (χ1v) is 9.13. The molecule has 9 nitrogen and oxygen atoms in total. The van der Waals surface area contributed by atoms with E-state index in [0.717, 1.165) is 50.0 Å². The Bertz CT molecular complexity index is 963. The average Bonchev–Trinajstić information content (AvgIpc) is 3.12. The number of carboxylic acid groups (broad SMARTS) is 1. The van der Waals surface area contributed by atoms with Crippen molar-refractivity contribution in [1.29, 1.82) is 0 Å². The van der Waals surface area contributed by atoms with Gasteiger partial charge in [-0.05, 0) is 26.1 Å². The number of imidazole rings is 1. The summed E-state index contributed by atoms with van der Waals surface area (Å²) in [5.41, 5.74) is 1.37. The maximum absolute atomic E-state index is 11.6. The summed E-state index contributed by atoms with van der Waals surface area (Å²) in [6, 6.07) is 1.81. The lowest BCUT2D eigenvalue weighted by molar-refractivity contribution is 0.0689. The van der Waals surface area contributed by atoms with Gasteiger partial charge < -0.3 is 20.2 Å². The van der Waals surface area contributed by atoms with Crippen molar-refractivity contribution in [2.24, 2.45) is 0 Å². The number of aromatic nitrogens is 4. The van der Waals surface area contributed by atoms with E-state index in [4.69, 9.17) is 0 Å². The zero-order chi connectivity index (χ0) is 18.8. The summed E-state index contributed by atoms with van der Waals surface area (Å²) >= 11 is 0. The van der Waals surface area contributed by atoms with Crippen LogP contribution in [0, 0.1) is 0 Å². The molecule has 0 saturated carbocycles. The number of anilines is 1. The first-order chi connectivity index (χ1) is 13.1. The molecule has 1 aliphatic rings. The molecule has 1 saturated heterocycles. The van der Waals surface area contributed by atoms with Gasteiger partial charge in [0.25, 0.3) is 0 Å². The van der Waals surface area contributed by atoms with Crippen LogP contribution in [0.15, 0.2) is 24.7 Å². The Balaban J connectivity index is 1.53. The molecule has 4 heterocycles. The van der Waals surface area contributed by atoms with Gasteiger partial charge in [-0.2, -0.15) is 0 Å². The fraction of sp³-hybridized carbons (Fsp3) is 0.444. The van der Waals surface area contributed by atoms with Gasteiger partial charge in [-0.15, -0.1) is 0 Å². The summed E-state index contributed by atoms with van der Waals surface area (Å²) in [7, 11) is 2.15. The number of hydrogen-bond acceptors (Lipinski definition) is 7. The van der Waals surface area contributed by atoms with Gasteiger partial charge in [0.15, 0.2) is 11.3 Å². The molecule has 0 unspecified atom stereocenters. The van der Waals surface area contributed by atoms with Crippen LogP contribution in [-0.4, -0.2) is 86.5 Å². The number of likely N-dealkylation sites (N-methyl/N-ethyl adjacent to an activating group) is 1. The van der Waals surface area contributed by atoms with Gasteiger partial charge >= 0.3 is 5.97 Å². The van der Waals surface area contributed by atoms with Crippen LogP contribution in [0.2, 0.25) is 0 Å². The zero-order valence-corrected chi connectivity index (χ0v) is 15.3. The highest BCUT2D eigenvalue weighted by Crippen LogP contribution is 2.22. The molecule has 4 rings (SSSR count). The van der Waals surface area contributed by atoms with E-state index in [0.29, 0.717) is 18.1 Å². The van der Waals surface area contributed by atoms with E-state index in [-0.39, 0.29) is 5.69 Å². The molecule has 1 fully saturated rings. The molecule has 1 aliphatic heterocycles. The predicted molar refractivity (Wildman–Crippen MR) is 102 cm³/mol. The Morgan fingerprint density at radius 1 is 1.26 bits per heavy atom. The number of carboxylic acids is 1. The highest BCUT2D eigenvalue weighted by Gasteiger charge is 2.18. The third-order valence-electron chi connectivity index (χ3n) is 4.99. The minimum absolute atomic E-state index is 0.0878. The van der Waals surface area contributed by atoms with Gasteiger partial charge in [-0.25, -0.2) is 14.8 Å². The van der Waals surface area contributed by atoms with Crippen LogP contribution in [0.3, 0.4) is 0 Å². The SMILES string of the molecule is CN1CCN(CCCNc2nc3ccncc3c3ncc(C(=O)O)n23)CC1. The van der Waals surface area contributed by atoms with Crippen LogP contribution in [-0.2, 0) is 0 Å². The second-order valence-corrected chi connectivity index (χ2v) is 6.86. The highest BCUT2D eigenvalue weighted by atomic mass is 16.4. The predicted octanol–water partition coefficient (Wildman–Crippen LogP) is 1.03. The fourth-order valence-electron chi connectivity index (χ4n) is 3.42. The van der Waals surface area contributed by atoms with Crippen molar-refractivity contribution >= 4 is 28.5 Å². The molecule has 0 aliphatic carbocycles. The second-order valence-electron chi connectivity index (χ2n) is 6.86. The lowest BCUT2D eigenvalue weighted by Crippen LogP contribution is -2.44. The van der Waals surface area contributed by atoms with Crippen molar-refractivity contribution in [2.45, 2.75) is 6.42 Å². The third kappa shape index (κ3) is 3.56. The van der Waals surface area contributed by atoms with Crippen LogP contribution in [0.25, 0.3) is 16.6 Å². The molecule has 9 heteroatoms. The number of aromatic carboxylic acids is 1. The molecule has 0 bridgehead atoms. The first-order valence-electron chi connectivity index (χ1n) is 9.13. The Morgan fingerprint density at radius 3 is 2.85 bits per heavy atom. The summed E-state index contributed by atoms with van der Waals surface area (Å²) in [6.45, 7) is 6.11. The number of pyridine rings is 1. The van der Waals surface area contributed by atoms with Crippen LogP contribution in [0.4, 0.5) is 5.95 Å². The fourth-order valence-corrected chi connectivity index (χ4v) is 3.42. The molecule has 0 spiro atoms. The summed E-state index contributed by atoms with van der Waals surface area (Å²) in [5.74, 6) is -0.537. The van der Waals surface area contributed by atoms with Gasteiger partial charge in [-0.3, -0.25) is 9.38 Å². The van der Waals surface area contributed by atoms with Gasteiger partial charge in [0.05, 0.1) is 17.1 Å². The molecule has 142 valence electrons. The maximum Gasteiger partial charge on any atom is 0.354 e. The van der Waals surface area contributed by atoms with E-state index in [9.17, 15) is 9.90 Å². The molecular formula is C18H23N7O2. The zero-order valence-electron chi connectivity index (χ0n) is 15.3. The van der Waals surface area contributed by atoms with Gasteiger partial charge in [0, 0.05) is 45.1 Å². The van der Waals surface area contributed by atoms with Crippen molar-refractivity contribution in [3.8, 4) is 0 Å². The van der Waals surface area contributed by atoms with E-state index in [1.165, 1.54) is 6.20 Å². The summed E-state index contributed by atoms with van der Waals surface area (Å²) in [6.07, 6.45) is 5.65. The number of nitrogens with zero attached hydrogens (tertiary/aromatic N) is 6. The molecule has 0 radical (unpaired) electrons.